The summed E-state index contributed by atoms with van der Waals surface area (Å²) >= 11 is 0. The summed E-state index contributed by atoms with van der Waals surface area (Å²) in [6.45, 7) is 0. The number of carbonyl (C=O) groups is 2. The van der Waals surface area contributed by atoms with E-state index >= 15 is 0 Å². The maximum Gasteiger partial charge on any atom is 0.230 e. The molecular weight excluding hydrogens is 705 g/mol. The van der Waals surface area contributed by atoms with E-state index in [4.69, 9.17) is 0 Å². The number of amides is 2. The molecule has 0 aliphatic rings. The van der Waals surface area contributed by atoms with Gasteiger partial charge in [-0.3, -0.25) is 9.59 Å². The molecule has 0 saturated heterocycles. The number of hydrogen-bond acceptors (Lipinski definition) is 4. The molecule has 57 heavy (non-hydrogen) atoms. The highest BCUT2D eigenvalue weighted by molar-refractivity contribution is 5.97. The first-order valence-electron chi connectivity index (χ1n) is 19.1. The highest BCUT2D eigenvalue weighted by Gasteiger charge is 2.44. The molecule has 280 valence electrons. The summed E-state index contributed by atoms with van der Waals surface area (Å²) < 4.78 is 0. The highest BCUT2D eigenvalue weighted by atomic mass is 16.3. The fourth-order valence-electron chi connectivity index (χ4n) is 7.97. The zero-order chi connectivity index (χ0) is 39.2. The molecule has 0 fully saturated rings. The Balaban J connectivity index is 1.18. The van der Waals surface area contributed by atoms with Crippen molar-refractivity contribution in [3.63, 3.8) is 0 Å². The number of carbonyl (C=O) groups excluding carboxylic acids is 2. The van der Waals surface area contributed by atoms with E-state index in [0.717, 1.165) is 21.5 Å². The fourth-order valence-corrected chi connectivity index (χ4v) is 7.97. The molecule has 8 aromatic carbocycles. The Bertz CT molecular complexity index is 2370. The van der Waals surface area contributed by atoms with Crippen LogP contribution < -0.4 is 10.6 Å². The van der Waals surface area contributed by atoms with Crippen LogP contribution in [0.2, 0.25) is 0 Å². The second-order valence-corrected chi connectivity index (χ2v) is 14.4. The Morgan fingerprint density at radius 1 is 0.386 bits per heavy atom. The van der Waals surface area contributed by atoms with Crippen LogP contribution in [0.15, 0.2) is 206 Å². The van der Waals surface area contributed by atoms with Crippen molar-refractivity contribution in [1.29, 1.82) is 0 Å². The third-order valence-electron chi connectivity index (χ3n) is 10.8. The quantitative estimate of drug-likeness (QED) is 0.0938. The molecular formula is C51H42N2O4. The van der Waals surface area contributed by atoms with Crippen molar-refractivity contribution in [3.05, 3.63) is 240 Å². The van der Waals surface area contributed by atoms with Crippen LogP contribution in [0.5, 0.6) is 0 Å². The van der Waals surface area contributed by atoms with Gasteiger partial charge in [0.25, 0.3) is 0 Å². The van der Waals surface area contributed by atoms with E-state index in [1.807, 2.05) is 206 Å². The van der Waals surface area contributed by atoms with Crippen LogP contribution in [0.1, 0.15) is 51.9 Å². The lowest BCUT2D eigenvalue weighted by molar-refractivity contribution is -0.132. The SMILES string of the molecule is O=C(CC(=O)NC(c1ccc2ccccc2c1)C(O)(c1ccccc1)c1ccccc1)NC(c1ccc2ccccc2c1)C(O)(c1ccccc1)c1ccccc1. The maximum atomic E-state index is 14.3. The van der Waals surface area contributed by atoms with E-state index in [1.54, 1.807) is 0 Å². The Labute approximate surface area is 332 Å². The molecule has 0 bridgehead atoms. The Morgan fingerprint density at radius 3 is 0.982 bits per heavy atom. The van der Waals surface area contributed by atoms with Crippen molar-refractivity contribution in [1.82, 2.24) is 10.6 Å². The summed E-state index contributed by atoms with van der Waals surface area (Å²) in [5.41, 5.74) is 0.163. The minimum atomic E-state index is -1.73. The van der Waals surface area contributed by atoms with Gasteiger partial charge in [-0.2, -0.15) is 0 Å². The normalized spacial score (nSPS) is 12.8. The largest absolute Gasteiger partial charge is 0.378 e. The van der Waals surface area contributed by atoms with Gasteiger partial charge in [-0.15, -0.1) is 0 Å². The van der Waals surface area contributed by atoms with Gasteiger partial charge in [0, 0.05) is 0 Å². The Kier molecular flexibility index (Phi) is 10.5. The molecule has 8 aromatic rings. The number of aliphatic hydroxyl groups is 2. The van der Waals surface area contributed by atoms with Gasteiger partial charge in [0.2, 0.25) is 11.8 Å². The van der Waals surface area contributed by atoms with Crippen LogP contribution >= 0.6 is 0 Å². The predicted molar refractivity (Wildman–Crippen MR) is 226 cm³/mol. The molecule has 0 radical (unpaired) electrons. The lowest BCUT2D eigenvalue weighted by Gasteiger charge is -2.39. The number of fused-ring (bicyclic) bond motifs is 2. The zero-order valence-corrected chi connectivity index (χ0v) is 31.2. The van der Waals surface area contributed by atoms with Gasteiger partial charge in [0.15, 0.2) is 0 Å². The number of nitrogens with one attached hydrogen (secondary N) is 2. The molecule has 8 rings (SSSR count). The maximum absolute atomic E-state index is 14.3. The van der Waals surface area contributed by atoms with Crippen molar-refractivity contribution in [2.75, 3.05) is 0 Å². The van der Waals surface area contributed by atoms with Crippen LogP contribution in [0, 0.1) is 0 Å². The summed E-state index contributed by atoms with van der Waals surface area (Å²) in [5.74, 6) is -1.20. The van der Waals surface area contributed by atoms with Crippen LogP contribution in [0.3, 0.4) is 0 Å². The predicted octanol–water partition coefficient (Wildman–Crippen LogP) is 9.27. The average molecular weight is 747 g/mol. The van der Waals surface area contributed by atoms with Gasteiger partial charge in [-0.1, -0.05) is 194 Å². The smallest absolute Gasteiger partial charge is 0.230 e. The van der Waals surface area contributed by atoms with E-state index in [0.29, 0.717) is 33.4 Å². The van der Waals surface area contributed by atoms with Gasteiger partial charge < -0.3 is 20.8 Å². The molecule has 6 nitrogen and oxygen atoms in total. The van der Waals surface area contributed by atoms with E-state index < -0.39 is 41.5 Å². The molecule has 2 unspecified atom stereocenters. The van der Waals surface area contributed by atoms with Crippen LogP contribution in [-0.2, 0) is 20.8 Å². The third kappa shape index (κ3) is 7.44. The molecule has 6 heteroatoms. The van der Waals surface area contributed by atoms with Gasteiger partial charge in [0.1, 0.15) is 17.6 Å². The second kappa shape index (κ2) is 16.1. The summed E-state index contributed by atoms with van der Waals surface area (Å²) in [6.07, 6.45) is -0.576. The number of rotatable bonds is 12. The monoisotopic (exact) mass is 746 g/mol. The second-order valence-electron chi connectivity index (χ2n) is 14.4. The highest BCUT2D eigenvalue weighted by Crippen LogP contribution is 2.43. The lowest BCUT2D eigenvalue weighted by Crippen LogP contribution is -2.48. The molecule has 0 aliphatic carbocycles. The molecule has 4 N–H and O–H groups in total. The fraction of sp³-hybridized carbons (Fsp3) is 0.0980. The minimum Gasteiger partial charge on any atom is -0.378 e. The summed E-state index contributed by atoms with van der Waals surface area (Å²) in [6, 6.07) is 62.5. The lowest BCUT2D eigenvalue weighted by atomic mass is 9.76. The average Bonchev–Trinajstić information content (AvgIpc) is 3.27. The van der Waals surface area contributed by atoms with Gasteiger partial charge in [0.05, 0.1) is 12.1 Å². The number of hydrogen-bond donors (Lipinski definition) is 4. The van der Waals surface area contributed by atoms with Crippen molar-refractivity contribution in [3.8, 4) is 0 Å². The molecule has 0 heterocycles. The van der Waals surface area contributed by atoms with Crippen LogP contribution in [0.25, 0.3) is 21.5 Å². The molecule has 2 amide bonds. The molecule has 0 spiro atoms. The summed E-state index contributed by atoms with van der Waals surface area (Å²) in [5, 5.41) is 36.1. The first-order chi connectivity index (χ1) is 27.8. The van der Waals surface area contributed by atoms with Crippen LogP contribution in [0.4, 0.5) is 0 Å². The molecule has 0 saturated carbocycles. The third-order valence-corrected chi connectivity index (χ3v) is 10.8. The van der Waals surface area contributed by atoms with Gasteiger partial charge in [-0.05, 0) is 67.1 Å². The summed E-state index contributed by atoms with van der Waals surface area (Å²) in [7, 11) is 0. The summed E-state index contributed by atoms with van der Waals surface area (Å²) in [4.78, 5) is 28.7. The zero-order valence-electron chi connectivity index (χ0n) is 31.2. The van der Waals surface area contributed by atoms with E-state index in [1.165, 1.54) is 0 Å². The van der Waals surface area contributed by atoms with Crippen molar-refractivity contribution in [2.45, 2.75) is 29.7 Å². The minimum absolute atomic E-state index is 0.575. The van der Waals surface area contributed by atoms with Gasteiger partial charge >= 0.3 is 0 Å². The first kappa shape index (κ1) is 37.1. The van der Waals surface area contributed by atoms with E-state index in [9.17, 15) is 19.8 Å². The molecule has 0 aliphatic heterocycles. The van der Waals surface area contributed by atoms with Gasteiger partial charge in [-0.25, -0.2) is 0 Å². The van der Waals surface area contributed by atoms with Crippen molar-refractivity contribution >= 4 is 33.4 Å². The Morgan fingerprint density at radius 2 is 0.667 bits per heavy atom. The standard InChI is InChI=1S/C51H42N2O4/c54-46(52-48(40-31-29-36-17-13-15-19-38(36)33-40)50(56,42-21-5-1-6-22-42)43-23-7-2-8-24-43)35-47(55)53-49(41-32-30-37-18-14-16-20-39(37)34-41)51(57,44-25-9-3-10-26-44)45-27-11-4-12-28-45/h1-34,48-49,56-57H,35H2,(H,52,54)(H,53,55). The van der Waals surface area contributed by atoms with Crippen LogP contribution in [-0.4, -0.2) is 22.0 Å². The first-order valence-corrected chi connectivity index (χ1v) is 19.1. The number of benzene rings is 8. The van der Waals surface area contributed by atoms with Crippen molar-refractivity contribution < 1.29 is 19.8 Å². The van der Waals surface area contributed by atoms with E-state index in [2.05, 4.69) is 10.6 Å². The van der Waals surface area contributed by atoms with Crippen molar-refractivity contribution in [2.24, 2.45) is 0 Å². The Hall–Kier alpha value is -6.86. The van der Waals surface area contributed by atoms with E-state index in [-0.39, 0.29) is 0 Å². The molecule has 2 atom stereocenters. The molecule has 0 aromatic heterocycles. The topological polar surface area (TPSA) is 98.7 Å².